The van der Waals surface area contributed by atoms with Crippen molar-refractivity contribution in [2.24, 2.45) is 5.92 Å². The summed E-state index contributed by atoms with van der Waals surface area (Å²) in [5.41, 5.74) is 0. The lowest BCUT2D eigenvalue weighted by Gasteiger charge is -2.22. The van der Waals surface area contributed by atoms with E-state index in [9.17, 15) is 0 Å². The molecule has 0 saturated heterocycles. The molecule has 1 unspecified atom stereocenters. The summed E-state index contributed by atoms with van der Waals surface area (Å²) in [6.45, 7) is 4.95. The van der Waals surface area contributed by atoms with Crippen LogP contribution in [0, 0.1) is 5.92 Å². The van der Waals surface area contributed by atoms with Crippen LogP contribution in [0.3, 0.4) is 0 Å². The van der Waals surface area contributed by atoms with Gasteiger partial charge in [-0.25, -0.2) is 9.97 Å². The van der Waals surface area contributed by atoms with Gasteiger partial charge in [0, 0.05) is 13.3 Å². The van der Waals surface area contributed by atoms with E-state index in [2.05, 4.69) is 45.1 Å². The van der Waals surface area contributed by atoms with Crippen molar-refractivity contribution in [2.45, 2.75) is 19.9 Å². The second-order valence-corrected chi connectivity index (χ2v) is 4.52. The van der Waals surface area contributed by atoms with Crippen LogP contribution in [0.2, 0.25) is 0 Å². The molecule has 0 bridgehead atoms. The molecule has 0 radical (unpaired) electrons. The molecular weight excluding hydrogens is 258 g/mol. The number of aromatic nitrogens is 2. The van der Waals surface area contributed by atoms with Crippen LogP contribution in [-0.4, -0.2) is 29.7 Å². The van der Waals surface area contributed by atoms with E-state index in [0.29, 0.717) is 12.5 Å². The molecule has 1 aromatic rings. The summed E-state index contributed by atoms with van der Waals surface area (Å²) in [7, 11) is 1.70. The zero-order valence-corrected chi connectivity index (χ0v) is 10.8. The van der Waals surface area contributed by atoms with E-state index in [-0.39, 0.29) is 6.04 Å². The normalized spacial score (nSPS) is 12.9. The highest BCUT2D eigenvalue weighted by atomic mass is 79.9. The molecule has 1 aromatic heterocycles. The maximum atomic E-state index is 5.16. The van der Waals surface area contributed by atoms with Crippen molar-refractivity contribution in [3.63, 3.8) is 0 Å². The van der Waals surface area contributed by atoms with Crippen LogP contribution in [0.25, 0.3) is 0 Å². The highest BCUT2D eigenvalue weighted by Gasteiger charge is 2.14. The van der Waals surface area contributed by atoms with Crippen LogP contribution >= 0.6 is 15.9 Å². The Morgan fingerprint density at radius 1 is 1.53 bits per heavy atom. The van der Waals surface area contributed by atoms with Gasteiger partial charge in [0.15, 0.2) is 0 Å². The Morgan fingerprint density at radius 2 is 2.27 bits per heavy atom. The highest BCUT2D eigenvalue weighted by Crippen LogP contribution is 2.19. The van der Waals surface area contributed by atoms with Gasteiger partial charge >= 0.3 is 0 Å². The monoisotopic (exact) mass is 273 g/mol. The largest absolute Gasteiger partial charge is 0.383 e. The van der Waals surface area contributed by atoms with Gasteiger partial charge in [0.05, 0.1) is 17.1 Å². The molecule has 1 N–H and O–H groups in total. The van der Waals surface area contributed by atoms with Crippen LogP contribution in [0.5, 0.6) is 0 Å². The van der Waals surface area contributed by atoms with Crippen LogP contribution < -0.4 is 5.32 Å². The fraction of sp³-hybridized carbons (Fsp3) is 0.600. The summed E-state index contributed by atoms with van der Waals surface area (Å²) in [4.78, 5) is 8.07. The average Bonchev–Trinajstić information content (AvgIpc) is 2.20. The van der Waals surface area contributed by atoms with Crippen molar-refractivity contribution < 1.29 is 4.74 Å². The van der Waals surface area contributed by atoms with Crippen molar-refractivity contribution in [3.8, 4) is 0 Å². The summed E-state index contributed by atoms with van der Waals surface area (Å²) >= 11 is 3.40. The van der Waals surface area contributed by atoms with Crippen LogP contribution in [-0.2, 0) is 4.74 Å². The number of anilines is 1. The van der Waals surface area contributed by atoms with Gasteiger partial charge < -0.3 is 10.1 Å². The van der Waals surface area contributed by atoms with Gasteiger partial charge in [-0.05, 0) is 21.8 Å². The number of methoxy groups -OCH3 is 1. The van der Waals surface area contributed by atoms with E-state index in [1.165, 1.54) is 6.33 Å². The van der Waals surface area contributed by atoms with Crippen LogP contribution in [0.15, 0.2) is 17.0 Å². The third-order valence-electron chi connectivity index (χ3n) is 2.14. The molecular formula is C10H16BrN3O. The number of halogens is 1. The molecule has 84 valence electrons. The van der Waals surface area contributed by atoms with E-state index >= 15 is 0 Å². The second-order valence-electron chi connectivity index (χ2n) is 3.67. The van der Waals surface area contributed by atoms with E-state index in [4.69, 9.17) is 4.74 Å². The van der Waals surface area contributed by atoms with Crippen molar-refractivity contribution in [2.75, 3.05) is 19.0 Å². The quantitative estimate of drug-likeness (QED) is 0.895. The molecule has 0 aliphatic rings. The molecule has 1 atom stereocenters. The first kappa shape index (κ1) is 12.4. The highest BCUT2D eigenvalue weighted by molar-refractivity contribution is 9.10. The van der Waals surface area contributed by atoms with E-state index in [1.807, 2.05) is 0 Å². The fourth-order valence-electron chi connectivity index (χ4n) is 1.17. The first-order chi connectivity index (χ1) is 7.15. The van der Waals surface area contributed by atoms with Crippen molar-refractivity contribution in [1.29, 1.82) is 0 Å². The number of hydrogen-bond donors (Lipinski definition) is 1. The van der Waals surface area contributed by atoms with Crippen molar-refractivity contribution in [3.05, 3.63) is 17.0 Å². The number of nitrogens with zero attached hydrogens (tertiary/aromatic N) is 2. The summed E-state index contributed by atoms with van der Waals surface area (Å²) in [6.07, 6.45) is 3.25. The van der Waals surface area contributed by atoms with Gasteiger partial charge in [0.2, 0.25) is 0 Å². The van der Waals surface area contributed by atoms with Gasteiger partial charge in [0.1, 0.15) is 12.1 Å². The molecule has 4 nitrogen and oxygen atoms in total. The molecule has 0 fully saturated rings. The number of ether oxygens (including phenoxy) is 1. The predicted molar refractivity (Wildman–Crippen MR) is 63.9 cm³/mol. The molecule has 5 heteroatoms. The Bertz CT molecular complexity index is 306. The predicted octanol–water partition coefficient (Wildman–Crippen LogP) is 2.32. The average molecular weight is 274 g/mol. The molecule has 0 aromatic carbocycles. The molecule has 0 aliphatic heterocycles. The standard InChI is InChI=1S/C10H16BrN3O/c1-7(2)9(5-15-3)14-10-8(11)4-12-6-13-10/h4,6-7,9H,5H2,1-3H3,(H,12,13,14). The Labute approximate surface area is 98.6 Å². The van der Waals surface area contributed by atoms with Crippen molar-refractivity contribution in [1.82, 2.24) is 9.97 Å². The Balaban J connectivity index is 2.69. The summed E-state index contributed by atoms with van der Waals surface area (Å²) in [5.74, 6) is 1.28. The first-order valence-electron chi connectivity index (χ1n) is 4.86. The Hall–Kier alpha value is -0.680. The SMILES string of the molecule is COCC(Nc1ncncc1Br)C(C)C. The first-order valence-corrected chi connectivity index (χ1v) is 5.65. The topological polar surface area (TPSA) is 47.0 Å². The minimum Gasteiger partial charge on any atom is -0.383 e. The summed E-state index contributed by atoms with van der Waals surface area (Å²) in [6, 6.07) is 0.251. The smallest absolute Gasteiger partial charge is 0.144 e. The van der Waals surface area contributed by atoms with E-state index < -0.39 is 0 Å². The van der Waals surface area contributed by atoms with E-state index in [1.54, 1.807) is 13.3 Å². The molecule has 15 heavy (non-hydrogen) atoms. The molecule has 1 rings (SSSR count). The number of hydrogen-bond acceptors (Lipinski definition) is 4. The van der Waals surface area contributed by atoms with Gasteiger partial charge in [-0.15, -0.1) is 0 Å². The van der Waals surface area contributed by atoms with Gasteiger partial charge in [-0.2, -0.15) is 0 Å². The van der Waals surface area contributed by atoms with Crippen molar-refractivity contribution >= 4 is 21.7 Å². The molecule has 1 heterocycles. The van der Waals surface area contributed by atoms with Gasteiger partial charge in [0.25, 0.3) is 0 Å². The third kappa shape index (κ3) is 3.76. The maximum absolute atomic E-state index is 5.16. The Kier molecular flexibility index (Phi) is 4.98. The van der Waals surface area contributed by atoms with Gasteiger partial charge in [-0.3, -0.25) is 0 Å². The van der Waals surface area contributed by atoms with Gasteiger partial charge in [-0.1, -0.05) is 13.8 Å². The summed E-state index contributed by atoms with van der Waals surface area (Å²) in [5, 5.41) is 3.32. The summed E-state index contributed by atoms with van der Waals surface area (Å²) < 4.78 is 6.02. The van der Waals surface area contributed by atoms with Crippen LogP contribution in [0.1, 0.15) is 13.8 Å². The van der Waals surface area contributed by atoms with Crippen LogP contribution in [0.4, 0.5) is 5.82 Å². The minimum absolute atomic E-state index is 0.251. The zero-order chi connectivity index (χ0) is 11.3. The van der Waals surface area contributed by atoms with E-state index in [0.717, 1.165) is 10.3 Å². The molecule has 0 spiro atoms. The lowest BCUT2D eigenvalue weighted by Crippen LogP contribution is -2.31. The minimum atomic E-state index is 0.251. The lowest BCUT2D eigenvalue weighted by atomic mass is 10.1. The second kappa shape index (κ2) is 6.02. The number of rotatable bonds is 5. The molecule has 0 aliphatic carbocycles. The third-order valence-corrected chi connectivity index (χ3v) is 2.72. The number of nitrogens with one attached hydrogen (secondary N) is 1. The fourth-order valence-corrected chi connectivity index (χ4v) is 1.51. The Morgan fingerprint density at radius 3 is 2.80 bits per heavy atom. The zero-order valence-electron chi connectivity index (χ0n) is 9.20. The molecule has 0 saturated carbocycles. The molecule has 0 amide bonds. The maximum Gasteiger partial charge on any atom is 0.144 e. The lowest BCUT2D eigenvalue weighted by molar-refractivity contribution is 0.171.